The van der Waals surface area contributed by atoms with Crippen LogP contribution in [0.4, 0.5) is 0 Å². The van der Waals surface area contributed by atoms with E-state index in [4.69, 9.17) is 5.26 Å². The number of rotatable bonds is 4. The number of aryl methyl sites for hydroxylation is 2. The summed E-state index contributed by atoms with van der Waals surface area (Å²) in [4.78, 5) is 1.18. The highest BCUT2D eigenvalue weighted by molar-refractivity contribution is 7.99. The third kappa shape index (κ3) is 3.94. The minimum atomic E-state index is -0.527. The van der Waals surface area contributed by atoms with Crippen molar-refractivity contribution in [1.29, 1.82) is 5.26 Å². The van der Waals surface area contributed by atoms with E-state index in [0.717, 1.165) is 0 Å². The second-order valence-electron chi connectivity index (χ2n) is 3.60. The highest BCUT2D eigenvalue weighted by atomic mass is 32.2. The smallest absolute Gasteiger partial charge is 0.0763 e. The first-order valence-corrected chi connectivity index (χ1v) is 5.87. The van der Waals surface area contributed by atoms with Crippen LogP contribution in [0.3, 0.4) is 0 Å². The molecule has 1 unspecified atom stereocenters. The van der Waals surface area contributed by atoms with Gasteiger partial charge in [0.05, 0.1) is 18.6 Å². The van der Waals surface area contributed by atoms with Crippen LogP contribution in [-0.4, -0.2) is 17.0 Å². The highest BCUT2D eigenvalue weighted by Gasteiger charge is 2.05. The number of benzene rings is 1. The van der Waals surface area contributed by atoms with Gasteiger partial charge in [0.15, 0.2) is 0 Å². The van der Waals surface area contributed by atoms with Crippen molar-refractivity contribution < 1.29 is 5.11 Å². The Morgan fingerprint density at radius 2 is 2.20 bits per heavy atom. The molecule has 1 atom stereocenters. The normalized spacial score (nSPS) is 12.1. The molecule has 3 heteroatoms. The fourth-order valence-corrected chi connectivity index (χ4v) is 2.25. The topological polar surface area (TPSA) is 44.0 Å². The Kier molecular flexibility index (Phi) is 4.67. The molecule has 0 saturated heterocycles. The van der Waals surface area contributed by atoms with Crippen LogP contribution in [0.2, 0.25) is 0 Å². The van der Waals surface area contributed by atoms with Crippen LogP contribution in [0.1, 0.15) is 17.5 Å². The van der Waals surface area contributed by atoms with Gasteiger partial charge in [-0.1, -0.05) is 17.7 Å². The maximum atomic E-state index is 9.41. The van der Waals surface area contributed by atoms with Gasteiger partial charge in [0.1, 0.15) is 0 Å². The van der Waals surface area contributed by atoms with Gasteiger partial charge in [-0.05, 0) is 25.5 Å². The number of hydrogen-bond donors (Lipinski definition) is 1. The van der Waals surface area contributed by atoms with Crippen molar-refractivity contribution in [2.75, 3.05) is 5.75 Å². The van der Waals surface area contributed by atoms with Crippen molar-refractivity contribution in [2.24, 2.45) is 0 Å². The number of aliphatic hydroxyl groups excluding tert-OH is 1. The summed E-state index contributed by atoms with van der Waals surface area (Å²) < 4.78 is 0. The zero-order valence-electron chi connectivity index (χ0n) is 9.03. The van der Waals surface area contributed by atoms with Crippen molar-refractivity contribution >= 4 is 11.8 Å². The molecule has 0 aliphatic carbocycles. The SMILES string of the molecule is Cc1ccc(SCC(O)CC#N)c(C)c1. The van der Waals surface area contributed by atoms with Gasteiger partial charge >= 0.3 is 0 Å². The Bertz CT molecular complexity index is 370. The number of hydrogen-bond acceptors (Lipinski definition) is 3. The van der Waals surface area contributed by atoms with E-state index in [1.54, 1.807) is 11.8 Å². The molecule has 0 heterocycles. The largest absolute Gasteiger partial charge is 0.391 e. The summed E-state index contributed by atoms with van der Waals surface area (Å²) in [7, 11) is 0. The van der Waals surface area contributed by atoms with E-state index < -0.39 is 6.10 Å². The Labute approximate surface area is 94.9 Å². The molecule has 0 aliphatic rings. The van der Waals surface area contributed by atoms with Crippen LogP contribution in [0, 0.1) is 25.2 Å². The second-order valence-corrected chi connectivity index (χ2v) is 4.66. The van der Waals surface area contributed by atoms with Gasteiger partial charge < -0.3 is 5.11 Å². The summed E-state index contributed by atoms with van der Waals surface area (Å²) in [6.45, 7) is 4.12. The molecule has 0 fully saturated rings. The van der Waals surface area contributed by atoms with E-state index in [-0.39, 0.29) is 6.42 Å². The van der Waals surface area contributed by atoms with Crippen molar-refractivity contribution in [2.45, 2.75) is 31.3 Å². The van der Waals surface area contributed by atoms with E-state index in [1.165, 1.54) is 16.0 Å². The monoisotopic (exact) mass is 221 g/mol. The van der Waals surface area contributed by atoms with Crippen molar-refractivity contribution in [3.8, 4) is 6.07 Å². The quantitative estimate of drug-likeness (QED) is 0.795. The molecule has 1 rings (SSSR count). The van der Waals surface area contributed by atoms with Crippen molar-refractivity contribution in [3.05, 3.63) is 29.3 Å². The summed E-state index contributed by atoms with van der Waals surface area (Å²) >= 11 is 1.60. The third-order valence-corrected chi connectivity index (χ3v) is 3.41. The average molecular weight is 221 g/mol. The van der Waals surface area contributed by atoms with Crippen LogP contribution in [-0.2, 0) is 0 Å². The average Bonchev–Trinajstić information content (AvgIpc) is 2.17. The van der Waals surface area contributed by atoms with Gasteiger partial charge in [0, 0.05) is 10.6 Å². The van der Waals surface area contributed by atoms with E-state index in [9.17, 15) is 5.11 Å². The first-order chi connectivity index (χ1) is 7.13. The Morgan fingerprint density at radius 3 is 2.80 bits per heavy atom. The third-order valence-electron chi connectivity index (χ3n) is 2.09. The molecule has 1 aromatic rings. The molecular weight excluding hydrogens is 206 g/mol. The van der Waals surface area contributed by atoms with Crippen LogP contribution < -0.4 is 0 Å². The molecule has 0 bridgehead atoms. The second kappa shape index (κ2) is 5.79. The fourth-order valence-electron chi connectivity index (χ4n) is 1.31. The summed E-state index contributed by atoms with van der Waals surface area (Å²) in [6, 6.07) is 8.21. The lowest BCUT2D eigenvalue weighted by Gasteiger charge is -2.08. The summed E-state index contributed by atoms with van der Waals surface area (Å²) in [6.07, 6.45) is -0.321. The van der Waals surface area contributed by atoms with E-state index in [0.29, 0.717) is 5.75 Å². The number of aliphatic hydroxyl groups is 1. The predicted octanol–water partition coefficient (Wildman–Crippen LogP) is 2.67. The molecular formula is C12H15NOS. The molecule has 0 spiro atoms. The van der Waals surface area contributed by atoms with Gasteiger partial charge in [0.2, 0.25) is 0 Å². The first-order valence-electron chi connectivity index (χ1n) is 4.88. The molecule has 2 nitrogen and oxygen atoms in total. The van der Waals surface area contributed by atoms with Crippen LogP contribution in [0.5, 0.6) is 0 Å². The predicted molar refractivity (Wildman–Crippen MR) is 62.9 cm³/mol. The number of thioether (sulfide) groups is 1. The highest BCUT2D eigenvalue weighted by Crippen LogP contribution is 2.24. The van der Waals surface area contributed by atoms with E-state index in [2.05, 4.69) is 32.0 Å². The van der Waals surface area contributed by atoms with E-state index >= 15 is 0 Å². The lowest BCUT2D eigenvalue weighted by atomic mass is 10.2. The summed E-state index contributed by atoms with van der Waals surface area (Å²) in [5.41, 5.74) is 2.47. The van der Waals surface area contributed by atoms with Gasteiger partial charge in [-0.25, -0.2) is 0 Å². The van der Waals surface area contributed by atoms with Gasteiger partial charge in [0.25, 0.3) is 0 Å². The van der Waals surface area contributed by atoms with Gasteiger partial charge in [-0.15, -0.1) is 11.8 Å². The number of nitrogens with zero attached hydrogens (tertiary/aromatic N) is 1. The van der Waals surface area contributed by atoms with Crippen LogP contribution >= 0.6 is 11.8 Å². The van der Waals surface area contributed by atoms with Crippen LogP contribution in [0.25, 0.3) is 0 Å². The zero-order chi connectivity index (χ0) is 11.3. The van der Waals surface area contributed by atoms with Crippen molar-refractivity contribution in [3.63, 3.8) is 0 Å². The van der Waals surface area contributed by atoms with Crippen LogP contribution in [0.15, 0.2) is 23.1 Å². The molecule has 0 aliphatic heterocycles. The summed E-state index contributed by atoms with van der Waals surface area (Å²) in [5, 5.41) is 17.8. The maximum Gasteiger partial charge on any atom is 0.0763 e. The molecule has 0 amide bonds. The standard InChI is InChI=1S/C12H15NOS/c1-9-3-4-12(10(2)7-9)15-8-11(14)5-6-13/h3-4,7,11,14H,5,8H2,1-2H3. The minimum absolute atomic E-state index is 0.206. The van der Waals surface area contributed by atoms with E-state index in [1.807, 2.05) is 6.07 Å². The maximum absolute atomic E-state index is 9.41. The molecule has 0 saturated carbocycles. The molecule has 15 heavy (non-hydrogen) atoms. The molecule has 1 aromatic carbocycles. The minimum Gasteiger partial charge on any atom is -0.391 e. The summed E-state index contributed by atoms with van der Waals surface area (Å²) in [5.74, 6) is 0.581. The molecule has 80 valence electrons. The Morgan fingerprint density at radius 1 is 1.47 bits per heavy atom. The fraction of sp³-hybridized carbons (Fsp3) is 0.417. The van der Waals surface area contributed by atoms with Crippen molar-refractivity contribution in [1.82, 2.24) is 0 Å². The lowest BCUT2D eigenvalue weighted by Crippen LogP contribution is -2.08. The molecule has 0 aromatic heterocycles. The van der Waals surface area contributed by atoms with Gasteiger partial charge in [-0.3, -0.25) is 0 Å². The Hall–Kier alpha value is -0.980. The first kappa shape index (κ1) is 12.1. The lowest BCUT2D eigenvalue weighted by molar-refractivity contribution is 0.205. The zero-order valence-corrected chi connectivity index (χ0v) is 9.84. The Balaban J connectivity index is 2.55. The molecule has 1 N–H and O–H groups in total. The number of nitriles is 1. The van der Waals surface area contributed by atoms with Gasteiger partial charge in [-0.2, -0.15) is 5.26 Å². The molecule has 0 radical (unpaired) electrons.